The highest BCUT2D eigenvalue weighted by molar-refractivity contribution is 6.31. The molecule has 1 aliphatic heterocycles. The van der Waals surface area contributed by atoms with Gasteiger partial charge in [-0.3, -0.25) is 19.5 Å². The van der Waals surface area contributed by atoms with Crippen LogP contribution in [0.3, 0.4) is 0 Å². The second-order valence-corrected chi connectivity index (χ2v) is 9.84. The lowest BCUT2D eigenvalue weighted by Crippen LogP contribution is -2.38. The molecule has 4 rings (SSSR count). The highest BCUT2D eigenvalue weighted by Gasteiger charge is 2.43. The molecule has 8 heteroatoms. The molecule has 0 fully saturated rings. The van der Waals surface area contributed by atoms with Crippen molar-refractivity contribution in [3.05, 3.63) is 58.5 Å². The first-order chi connectivity index (χ1) is 16.2. The molecule has 1 unspecified atom stereocenters. The van der Waals surface area contributed by atoms with E-state index in [1.54, 1.807) is 35.5 Å². The van der Waals surface area contributed by atoms with Crippen molar-refractivity contribution in [1.82, 2.24) is 4.98 Å². The van der Waals surface area contributed by atoms with Crippen LogP contribution in [0.25, 0.3) is 0 Å². The Balaban J connectivity index is 1.85. The molecule has 1 aromatic carbocycles. The maximum absolute atomic E-state index is 13.5. The number of carbonyl (C=O) groups is 2. The van der Waals surface area contributed by atoms with Crippen LogP contribution in [-0.2, 0) is 9.59 Å². The van der Waals surface area contributed by atoms with Crippen molar-refractivity contribution < 1.29 is 14.3 Å². The number of Topliss-reactive ketones (excluding diaryl/α,β-unsaturated/α-hetero) is 1. The van der Waals surface area contributed by atoms with E-state index in [0.717, 1.165) is 5.70 Å². The first-order valence-electron chi connectivity index (χ1n) is 11.3. The molecule has 176 valence electrons. The summed E-state index contributed by atoms with van der Waals surface area (Å²) in [6.07, 6.45) is 5.36. The molecule has 2 aromatic rings. The number of unbranched alkanes of at least 4 members (excludes halogenated alkanes) is 1. The number of anilines is 2. The molecule has 34 heavy (non-hydrogen) atoms. The van der Waals surface area contributed by atoms with Crippen LogP contribution in [-0.4, -0.2) is 23.3 Å². The summed E-state index contributed by atoms with van der Waals surface area (Å²) in [5.74, 6) is 0.352. The van der Waals surface area contributed by atoms with Crippen LogP contribution in [0.15, 0.2) is 47.9 Å². The Morgan fingerprint density at radius 1 is 1.35 bits per heavy atom. The van der Waals surface area contributed by atoms with Crippen molar-refractivity contribution in [2.75, 3.05) is 16.8 Å². The number of ether oxygens (including phenoxy) is 1. The minimum Gasteiger partial charge on any atom is -0.494 e. The Morgan fingerprint density at radius 2 is 2.15 bits per heavy atom. The molecule has 1 amide bonds. The maximum Gasteiger partial charge on any atom is 0.224 e. The van der Waals surface area contributed by atoms with Crippen LogP contribution in [0.5, 0.6) is 5.75 Å². The van der Waals surface area contributed by atoms with E-state index in [4.69, 9.17) is 21.6 Å². The topological polar surface area (TPSA) is 95.3 Å². The number of pyridine rings is 1. The van der Waals surface area contributed by atoms with Crippen LogP contribution in [0, 0.1) is 16.7 Å². The van der Waals surface area contributed by atoms with Gasteiger partial charge in [-0.25, -0.2) is 0 Å². The van der Waals surface area contributed by atoms with E-state index in [1.165, 1.54) is 6.92 Å². The van der Waals surface area contributed by atoms with Crippen molar-refractivity contribution in [2.45, 2.75) is 52.5 Å². The molecule has 1 aliphatic carbocycles. The van der Waals surface area contributed by atoms with Crippen molar-refractivity contribution >= 4 is 34.7 Å². The fourth-order valence-corrected chi connectivity index (χ4v) is 4.97. The first kappa shape index (κ1) is 23.8. The molecule has 0 radical (unpaired) electrons. The number of halogens is 1. The average Bonchev–Trinajstić information content (AvgIpc) is 2.90. The van der Waals surface area contributed by atoms with Gasteiger partial charge in [0.25, 0.3) is 0 Å². The number of fused-ring (bicyclic) bond motifs is 1. The summed E-state index contributed by atoms with van der Waals surface area (Å²) in [6.45, 7) is 6.02. The molecule has 7 nitrogen and oxygen atoms in total. The smallest absolute Gasteiger partial charge is 0.224 e. The summed E-state index contributed by atoms with van der Waals surface area (Å²) in [4.78, 5) is 32.4. The van der Waals surface area contributed by atoms with E-state index < -0.39 is 6.04 Å². The number of rotatable bonds is 5. The van der Waals surface area contributed by atoms with Crippen LogP contribution in [0.2, 0.25) is 5.02 Å². The maximum atomic E-state index is 13.5. The van der Waals surface area contributed by atoms with E-state index >= 15 is 0 Å². The molecule has 0 saturated heterocycles. The van der Waals surface area contributed by atoms with Crippen LogP contribution in [0.1, 0.15) is 58.1 Å². The third-order valence-electron chi connectivity index (χ3n) is 6.10. The number of amides is 1. The summed E-state index contributed by atoms with van der Waals surface area (Å²) in [7, 11) is 0. The van der Waals surface area contributed by atoms with Gasteiger partial charge in [0, 0.05) is 42.3 Å². The molecule has 1 N–H and O–H groups in total. The summed E-state index contributed by atoms with van der Waals surface area (Å²) < 4.78 is 5.73. The van der Waals surface area contributed by atoms with Crippen molar-refractivity contribution in [1.29, 1.82) is 5.26 Å². The molecule has 1 atom stereocenters. The lowest BCUT2D eigenvalue weighted by molar-refractivity contribution is -0.118. The predicted molar refractivity (Wildman–Crippen MR) is 131 cm³/mol. The molecule has 0 spiro atoms. The number of benzene rings is 1. The Kier molecular flexibility index (Phi) is 6.63. The minimum atomic E-state index is -0.688. The van der Waals surface area contributed by atoms with E-state index in [1.807, 2.05) is 6.07 Å². The van der Waals surface area contributed by atoms with Gasteiger partial charge < -0.3 is 10.1 Å². The molecular formula is C26H27ClN4O3. The Labute approximate surface area is 204 Å². The van der Waals surface area contributed by atoms with Crippen molar-refractivity contribution in [2.24, 2.45) is 5.41 Å². The number of hydrogen-bond acceptors (Lipinski definition) is 6. The molecule has 0 saturated carbocycles. The van der Waals surface area contributed by atoms with Crippen molar-refractivity contribution in [3.8, 4) is 11.8 Å². The molecule has 2 aliphatic rings. The fraction of sp³-hybridized carbons (Fsp3) is 0.385. The fourth-order valence-electron chi connectivity index (χ4n) is 4.69. The molecule has 0 bridgehead atoms. The third-order valence-corrected chi connectivity index (χ3v) is 6.43. The SMILES string of the molecule is CC(=O)N1c2ccncc2NC2=C(C(=O)CC(C)(C)C2)C1c1ccc(OCCCC#N)cc1Cl. The third kappa shape index (κ3) is 4.64. The lowest BCUT2D eigenvalue weighted by atomic mass is 9.73. The largest absolute Gasteiger partial charge is 0.494 e. The van der Waals surface area contributed by atoms with Crippen LogP contribution in [0.4, 0.5) is 11.4 Å². The number of ketones is 1. The summed E-state index contributed by atoms with van der Waals surface area (Å²) in [6, 6.07) is 8.47. The summed E-state index contributed by atoms with van der Waals surface area (Å²) in [5, 5.41) is 12.5. The Hall–Kier alpha value is -3.37. The zero-order valence-corrected chi connectivity index (χ0v) is 20.3. The summed E-state index contributed by atoms with van der Waals surface area (Å²) >= 11 is 6.75. The Bertz CT molecular complexity index is 1210. The van der Waals surface area contributed by atoms with Gasteiger partial charge in [-0.15, -0.1) is 0 Å². The summed E-state index contributed by atoms with van der Waals surface area (Å²) in [5.41, 5.74) is 3.08. The molecular weight excluding hydrogens is 452 g/mol. The van der Waals surface area contributed by atoms with Gasteiger partial charge in [-0.2, -0.15) is 5.26 Å². The van der Waals surface area contributed by atoms with Gasteiger partial charge in [-0.1, -0.05) is 31.5 Å². The normalized spacial score (nSPS) is 18.9. The number of carbonyl (C=O) groups excluding carboxylic acids is 2. The molecule has 1 aromatic heterocycles. The van der Waals surface area contributed by atoms with Crippen molar-refractivity contribution in [3.63, 3.8) is 0 Å². The van der Waals surface area contributed by atoms with Gasteiger partial charge >= 0.3 is 0 Å². The number of hydrogen-bond donors (Lipinski definition) is 1. The van der Waals surface area contributed by atoms with Gasteiger partial charge in [0.15, 0.2) is 5.78 Å². The van der Waals surface area contributed by atoms with Gasteiger partial charge in [-0.05, 0) is 42.0 Å². The zero-order chi connectivity index (χ0) is 24.5. The van der Waals surface area contributed by atoms with E-state index in [-0.39, 0.29) is 17.1 Å². The average molecular weight is 479 g/mol. The predicted octanol–water partition coefficient (Wildman–Crippen LogP) is 5.58. The second-order valence-electron chi connectivity index (χ2n) is 9.44. The first-order valence-corrected chi connectivity index (χ1v) is 11.7. The second kappa shape index (κ2) is 9.47. The highest BCUT2D eigenvalue weighted by Crippen LogP contribution is 2.49. The zero-order valence-electron chi connectivity index (χ0n) is 19.5. The number of aromatic nitrogens is 1. The number of allylic oxidation sites excluding steroid dienone is 1. The number of nitrogens with zero attached hydrogens (tertiary/aromatic N) is 3. The van der Waals surface area contributed by atoms with Gasteiger partial charge in [0.05, 0.1) is 36.3 Å². The van der Waals surface area contributed by atoms with E-state index in [2.05, 4.69) is 30.2 Å². The standard InChI is InChI=1S/C26H27ClN4O3/c1-16(32)31-22-8-10-29-15-21(22)30-20-13-26(2,3)14-23(33)24(20)25(31)18-7-6-17(12-19(18)27)34-11-5-4-9-28/h6-8,10,12,15,25,30H,4-5,11,13-14H2,1-3H3. The van der Waals surface area contributed by atoms with Crippen LogP contribution >= 0.6 is 11.6 Å². The van der Waals surface area contributed by atoms with Crippen LogP contribution < -0.4 is 15.0 Å². The Morgan fingerprint density at radius 3 is 2.85 bits per heavy atom. The monoisotopic (exact) mass is 478 g/mol. The minimum absolute atomic E-state index is 0.0105. The highest BCUT2D eigenvalue weighted by atomic mass is 35.5. The van der Waals surface area contributed by atoms with E-state index in [0.29, 0.717) is 65.6 Å². The van der Waals surface area contributed by atoms with Gasteiger partial charge in [0.1, 0.15) is 5.75 Å². The molecule has 2 heterocycles. The van der Waals surface area contributed by atoms with Gasteiger partial charge in [0.2, 0.25) is 5.91 Å². The number of nitriles is 1. The quantitative estimate of drug-likeness (QED) is 0.563. The lowest BCUT2D eigenvalue weighted by Gasteiger charge is -2.37. The van der Waals surface area contributed by atoms with E-state index in [9.17, 15) is 9.59 Å². The number of nitrogens with one attached hydrogen (secondary N) is 1.